The number of ether oxygens (including phenoxy) is 1. The van der Waals surface area contributed by atoms with Crippen molar-refractivity contribution in [1.82, 2.24) is 9.97 Å². The molecule has 2 aliphatic rings. The Labute approximate surface area is 223 Å². The quantitative estimate of drug-likeness (QED) is 0.225. The molecule has 2 atom stereocenters. The number of carbonyl (C=O) groups is 1. The van der Waals surface area contributed by atoms with Crippen molar-refractivity contribution in [2.45, 2.75) is 70.4 Å². The first-order chi connectivity index (χ1) is 18.5. The molecule has 2 aromatic rings. The Morgan fingerprint density at radius 2 is 1.92 bits per heavy atom. The van der Waals surface area contributed by atoms with Gasteiger partial charge in [-0.2, -0.15) is 4.98 Å². The number of nitrogens with two attached hydrogens (primary N) is 1. The number of halogens is 3. The van der Waals surface area contributed by atoms with Gasteiger partial charge in [0.05, 0.1) is 23.6 Å². The van der Waals surface area contributed by atoms with Crippen LogP contribution in [-0.4, -0.2) is 56.9 Å². The van der Waals surface area contributed by atoms with Crippen molar-refractivity contribution in [3.63, 3.8) is 0 Å². The minimum absolute atomic E-state index is 0.0181. The van der Waals surface area contributed by atoms with E-state index in [1.807, 2.05) is 0 Å². The first kappa shape index (κ1) is 28.3. The van der Waals surface area contributed by atoms with Crippen molar-refractivity contribution < 1.29 is 32.1 Å². The molecule has 0 unspecified atom stereocenters. The molecule has 1 aliphatic heterocycles. The van der Waals surface area contributed by atoms with Crippen LogP contribution in [-0.2, 0) is 6.54 Å². The molecule has 212 valence electrons. The first-order valence-electron chi connectivity index (χ1n) is 13.0. The monoisotopic (exact) mass is 552 g/mol. The van der Waals surface area contributed by atoms with Gasteiger partial charge in [0.25, 0.3) is 0 Å². The molecule has 2 fully saturated rings. The third-order valence-corrected chi connectivity index (χ3v) is 7.97. The fourth-order valence-electron chi connectivity index (χ4n) is 5.97. The molecule has 1 aromatic heterocycles. The molecule has 11 nitrogen and oxygen atoms in total. The molecule has 14 heteroatoms. The molecule has 4 N–H and O–H groups in total. The molecule has 1 saturated carbocycles. The smallest absolute Gasteiger partial charge is 0.405 e. The molecule has 1 aliphatic carbocycles. The number of nitrogens with zero attached hydrogens (tertiary/aromatic N) is 4. The Morgan fingerprint density at radius 1 is 1.21 bits per heavy atom. The largest absolute Gasteiger partial charge is 0.573 e. The number of hydrogen-bond donors (Lipinski definition) is 3. The number of nitrogens with one attached hydrogen (secondary N) is 2. The van der Waals surface area contributed by atoms with Crippen LogP contribution < -0.4 is 21.1 Å². The lowest BCUT2D eigenvalue weighted by molar-refractivity contribution is -0.886. The highest BCUT2D eigenvalue weighted by Crippen LogP contribution is 2.38. The second-order valence-corrected chi connectivity index (χ2v) is 10.2. The lowest BCUT2D eigenvalue weighted by Crippen LogP contribution is -2.64. The van der Waals surface area contributed by atoms with E-state index in [1.165, 1.54) is 18.2 Å². The number of benzene rings is 1. The molecule has 1 saturated heterocycles. The van der Waals surface area contributed by atoms with Gasteiger partial charge in [0.15, 0.2) is 0 Å². The molecule has 0 bridgehead atoms. The van der Waals surface area contributed by atoms with Gasteiger partial charge in [0.1, 0.15) is 11.9 Å². The van der Waals surface area contributed by atoms with Gasteiger partial charge in [0, 0.05) is 44.3 Å². The van der Waals surface area contributed by atoms with Crippen LogP contribution in [0.3, 0.4) is 0 Å². The number of alkyl halides is 3. The summed E-state index contributed by atoms with van der Waals surface area (Å²) in [6, 6.07) is 5.78. The highest BCUT2D eigenvalue weighted by Gasteiger charge is 2.51. The van der Waals surface area contributed by atoms with Gasteiger partial charge in [-0.1, -0.05) is 18.2 Å². The van der Waals surface area contributed by atoms with Gasteiger partial charge in [0.2, 0.25) is 11.8 Å². The summed E-state index contributed by atoms with van der Waals surface area (Å²) < 4.78 is 42.5. The summed E-state index contributed by atoms with van der Waals surface area (Å²) in [4.78, 5) is 31.6. The number of aromatic nitrogens is 2. The number of amides is 2. The van der Waals surface area contributed by atoms with Crippen molar-refractivity contribution in [3.05, 3.63) is 46.1 Å². The Morgan fingerprint density at radius 3 is 2.54 bits per heavy atom. The number of para-hydroxylation sites is 1. The third-order valence-electron chi connectivity index (χ3n) is 7.97. The Balaban J connectivity index is 1.38. The zero-order chi connectivity index (χ0) is 28.2. The van der Waals surface area contributed by atoms with Crippen LogP contribution in [0.15, 0.2) is 30.5 Å². The fraction of sp³-hybridized carbons (Fsp3) is 0.560. The molecule has 0 spiro atoms. The number of anilines is 2. The number of carbonyl (C=O) groups excluding carboxylic acids is 1. The van der Waals surface area contributed by atoms with E-state index in [0.717, 1.165) is 51.3 Å². The van der Waals surface area contributed by atoms with Crippen LogP contribution in [0.5, 0.6) is 5.75 Å². The van der Waals surface area contributed by atoms with E-state index in [2.05, 4.69) is 32.3 Å². The van der Waals surface area contributed by atoms with Crippen molar-refractivity contribution in [2.24, 2.45) is 11.7 Å². The SMILES string of the molecule is C[C@@H]1CCC[N@+]1(C(N)=O)C1CCC(CNc2nc(NCc3ccccc3OC(F)(F)F)ncc2[N+](=O)[O-])CC1. The van der Waals surface area contributed by atoms with Crippen LogP contribution >= 0.6 is 0 Å². The summed E-state index contributed by atoms with van der Waals surface area (Å²) >= 11 is 0. The van der Waals surface area contributed by atoms with E-state index in [9.17, 15) is 28.1 Å². The number of rotatable bonds is 9. The van der Waals surface area contributed by atoms with E-state index in [4.69, 9.17) is 5.73 Å². The maximum atomic E-state index is 12.7. The predicted octanol–water partition coefficient (Wildman–Crippen LogP) is 4.94. The van der Waals surface area contributed by atoms with Gasteiger partial charge in [-0.05, 0) is 31.7 Å². The molecule has 0 radical (unpaired) electrons. The summed E-state index contributed by atoms with van der Waals surface area (Å²) in [7, 11) is 0. The third kappa shape index (κ3) is 6.49. The summed E-state index contributed by atoms with van der Waals surface area (Å²) in [6.45, 7) is 3.22. The van der Waals surface area contributed by atoms with Gasteiger partial charge in [-0.25, -0.2) is 14.3 Å². The standard InChI is InChI=1S/C25H32F3N7O4/c1-16-5-4-12-35(16,23(29)36)19-10-8-17(9-11-19)13-30-22-20(34(37)38)15-32-24(33-22)31-14-18-6-2-3-7-21(18)39-25(26,27)28/h2-3,6-7,15-17,19H,4-5,8-14H2,1H3,(H3-,29,30,31,32,33,36)/p+1/t16-,17?,19?,35-/m1/s1. The van der Waals surface area contributed by atoms with E-state index < -0.39 is 11.3 Å². The number of likely N-dealkylation sites (tertiary alicyclic amines) is 1. The van der Waals surface area contributed by atoms with Crippen molar-refractivity contribution in [2.75, 3.05) is 23.7 Å². The van der Waals surface area contributed by atoms with Crippen molar-refractivity contribution >= 4 is 23.5 Å². The molecule has 1 aromatic carbocycles. The van der Waals surface area contributed by atoms with Crippen LogP contribution in [0.2, 0.25) is 0 Å². The van der Waals surface area contributed by atoms with Crippen LogP contribution in [0, 0.1) is 16.0 Å². The second-order valence-electron chi connectivity index (χ2n) is 10.2. The fourth-order valence-corrected chi connectivity index (χ4v) is 5.97. The number of primary amides is 1. The van der Waals surface area contributed by atoms with E-state index in [-0.39, 0.29) is 59.3 Å². The highest BCUT2D eigenvalue weighted by molar-refractivity contribution is 5.65. The Hall–Kier alpha value is -3.68. The highest BCUT2D eigenvalue weighted by atomic mass is 19.4. The molecule has 39 heavy (non-hydrogen) atoms. The second kappa shape index (κ2) is 11.6. The van der Waals surface area contributed by atoms with E-state index in [0.29, 0.717) is 11.0 Å². The normalized spacial score (nSPS) is 25.2. The van der Waals surface area contributed by atoms with Gasteiger partial charge in [-0.3, -0.25) is 10.1 Å². The summed E-state index contributed by atoms with van der Waals surface area (Å²) in [6.07, 6.45) is 1.57. The van der Waals surface area contributed by atoms with E-state index >= 15 is 0 Å². The average molecular weight is 553 g/mol. The Bertz CT molecular complexity index is 1190. The maximum absolute atomic E-state index is 12.7. The predicted molar refractivity (Wildman–Crippen MR) is 137 cm³/mol. The topological polar surface area (TPSA) is 145 Å². The average Bonchev–Trinajstić information content (AvgIpc) is 3.28. The lowest BCUT2D eigenvalue weighted by atomic mass is 9.84. The summed E-state index contributed by atoms with van der Waals surface area (Å²) in [5, 5.41) is 17.4. The van der Waals surface area contributed by atoms with Crippen LogP contribution in [0.1, 0.15) is 51.0 Å². The first-order valence-corrected chi connectivity index (χ1v) is 13.0. The minimum atomic E-state index is -4.84. The Kier molecular flexibility index (Phi) is 8.42. The van der Waals surface area contributed by atoms with Crippen molar-refractivity contribution in [1.29, 1.82) is 0 Å². The lowest BCUT2D eigenvalue weighted by Gasteiger charge is -2.44. The minimum Gasteiger partial charge on any atom is -0.405 e. The zero-order valence-electron chi connectivity index (χ0n) is 21.6. The molecular weight excluding hydrogens is 519 g/mol. The zero-order valence-corrected chi connectivity index (χ0v) is 21.6. The van der Waals surface area contributed by atoms with Crippen molar-refractivity contribution in [3.8, 4) is 5.75 Å². The maximum Gasteiger partial charge on any atom is 0.573 e. The van der Waals surface area contributed by atoms with E-state index in [1.54, 1.807) is 6.07 Å². The van der Waals surface area contributed by atoms with Crippen LogP contribution in [0.25, 0.3) is 0 Å². The number of nitro groups is 1. The summed E-state index contributed by atoms with van der Waals surface area (Å²) in [5.41, 5.74) is 5.77. The molecule has 2 heterocycles. The van der Waals surface area contributed by atoms with Gasteiger partial charge < -0.3 is 21.1 Å². The number of urea groups is 1. The molecule has 2 amide bonds. The van der Waals surface area contributed by atoms with Crippen LogP contribution in [0.4, 0.5) is 35.4 Å². The van der Waals surface area contributed by atoms with Gasteiger partial charge in [-0.15, -0.1) is 13.2 Å². The molecular formula is C25H33F3N7O4+. The summed E-state index contributed by atoms with van der Waals surface area (Å²) in [5.74, 6) is -0.0978. The number of hydrogen-bond acceptors (Lipinski definition) is 8. The molecule has 4 rings (SSSR count). The van der Waals surface area contributed by atoms with Gasteiger partial charge >= 0.3 is 18.1 Å². The number of quaternary nitrogens is 1.